The summed E-state index contributed by atoms with van der Waals surface area (Å²) >= 11 is 0. The molecule has 1 heterocycles. The Morgan fingerprint density at radius 1 is 1.04 bits per heavy atom. The molecule has 2 aromatic carbocycles. The van der Waals surface area contributed by atoms with Crippen molar-refractivity contribution >= 4 is 34.8 Å². The lowest BCUT2D eigenvalue weighted by Gasteiger charge is -2.28. The van der Waals surface area contributed by atoms with Crippen LogP contribution in [0.5, 0.6) is 0 Å². The van der Waals surface area contributed by atoms with E-state index in [1.807, 2.05) is 6.92 Å². The number of nitrogens with zero attached hydrogens (tertiary/aromatic N) is 1. The highest BCUT2D eigenvalue weighted by atomic mass is 19.1. The molecule has 1 fully saturated rings. The summed E-state index contributed by atoms with van der Waals surface area (Å²) in [6.07, 6.45) is 2.30. The summed E-state index contributed by atoms with van der Waals surface area (Å²) in [6, 6.07) is 10.7. The van der Waals surface area contributed by atoms with Crippen LogP contribution >= 0.6 is 0 Å². The van der Waals surface area contributed by atoms with Crippen molar-refractivity contribution in [2.45, 2.75) is 26.2 Å². The summed E-state index contributed by atoms with van der Waals surface area (Å²) < 4.78 is 13.6. The van der Waals surface area contributed by atoms with Gasteiger partial charge in [0, 0.05) is 24.3 Å². The fourth-order valence-corrected chi connectivity index (χ4v) is 2.97. The number of para-hydroxylation sites is 1. The Balaban J connectivity index is 1.72. The van der Waals surface area contributed by atoms with Gasteiger partial charge in [-0.25, -0.2) is 4.39 Å². The number of amides is 3. The minimum atomic E-state index is -0.976. The van der Waals surface area contributed by atoms with Gasteiger partial charge in [0.25, 0.3) is 0 Å². The summed E-state index contributed by atoms with van der Waals surface area (Å²) in [5.74, 6) is -2.47. The molecule has 0 saturated carbocycles. The van der Waals surface area contributed by atoms with Gasteiger partial charge >= 0.3 is 11.8 Å². The van der Waals surface area contributed by atoms with Gasteiger partial charge in [0.05, 0.1) is 5.69 Å². The highest BCUT2D eigenvalue weighted by molar-refractivity contribution is 6.43. The molecule has 0 spiro atoms. The van der Waals surface area contributed by atoms with Crippen molar-refractivity contribution in [1.29, 1.82) is 0 Å². The molecule has 3 rings (SSSR count). The van der Waals surface area contributed by atoms with Gasteiger partial charge in [0.2, 0.25) is 5.91 Å². The Labute approximate surface area is 156 Å². The molecule has 0 atom stereocenters. The zero-order chi connectivity index (χ0) is 19.4. The molecule has 1 saturated heterocycles. The maximum absolute atomic E-state index is 13.6. The van der Waals surface area contributed by atoms with Gasteiger partial charge in [0.1, 0.15) is 5.82 Å². The van der Waals surface area contributed by atoms with Crippen LogP contribution in [0.25, 0.3) is 0 Å². The van der Waals surface area contributed by atoms with Crippen LogP contribution in [0.3, 0.4) is 0 Å². The number of hydrogen-bond acceptors (Lipinski definition) is 3. The lowest BCUT2D eigenvalue weighted by molar-refractivity contribution is -0.133. The fraction of sp³-hybridized carbons (Fsp3) is 0.250. The van der Waals surface area contributed by atoms with Crippen LogP contribution in [-0.2, 0) is 14.4 Å². The molecule has 2 N–H and O–H groups in total. The van der Waals surface area contributed by atoms with Crippen molar-refractivity contribution in [2.75, 3.05) is 22.1 Å². The molecule has 1 aliphatic heterocycles. The first-order chi connectivity index (χ1) is 13.0. The molecule has 0 radical (unpaired) electrons. The molecule has 27 heavy (non-hydrogen) atoms. The second-order valence-electron chi connectivity index (χ2n) is 6.39. The van der Waals surface area contributed by atoms with E-state index in [0.717, 1.165) is 18.4 Å². The summed E-state index contributed by atoms with van der Waals surface area (Å²) in [5.41, 5.74) is 1.94. The van der Waals surface area contributed by atoms with Gasteiger partial charge in [-0.3, -0.25) is 14.4 Å². The second kappa shape index (κ2) is 7.99. The van der Waals surface area contributed by atoms with Gasteiger partial charge in [-0.2, -0.15) is 0 Å². The van der Waals surface area contributed by atoms with Gasteiger partial charge in [0.15, 0.2) is 0 Å². The molecule has 0 aliphatic carbocycles. The third-order valence-electron chi connectivity index (χ3n) is 4.41. The number of carbonyl (C=O) groups is 3. The zero-order valence-corrected chi connectivity index (χ0v) is 14.9. The van der Waals surface area contributed by atoms with Crippen LogP contribution in [0.15, 0.2) is 42.5 Å². The van der Waals surface area contributed by atoms with Crippen molar-refractivity contribution in [2.24, 2.45) is 0 Å². The lowest BCUT2D eigenvalue weighted by atomic mass is 10.1. The van der Waals surface area contributed by atoms with Crippen LogP contribution in [0.1, 0.15) is 24.8 Å². The number of aryl methyl sites for hydroxylation is 1. The van der Waals surface area contributed by atoms with E-state index in [2.05, 4.69) is 10.6 Å². The summed E-state index contributed by atoms with van der Waals surface area (Å²) in [6.45, 7) is 2.51. The standard InChI is InChI=1S/C20H20FN3O3/c1-13-9-10-14(12-17(13)24-11-5-4-8-18(24)25)22-19(26)20(27)23-16-7-3-2-6-15(16)21/h2-3,6-7,9-10,12H,4-5,8,11H2,1H3,(H,22,26)(H,23,27). The first kappa shape index (κ1) is 18.6. The van der Waals surface area contributed by atoms with Gasteiger partial charge in [-0.1, -0.05) is 18.2 Å². The summed E-state index contributed by atoms with van der Waals surface area (Å²) in [7, 11) is 0. The van der Waals surface area contributed by atoms with Crippen LogP contribution in [0.4, 0.5) is 21.5 Å². The first-order valence-electron chi connectivity index (χ1n) is 8.73. The first-order valence-corrected chi connectivity index (χ1v) is 8.73. The van der Waals surface area contributed by atoms with Crippen molar-refractivity contribution in [1.82, 2.24) is 0 Å². The number of rotatable bonds is 3. The van der Waals surface area contributed by atoms with Gasteiger partial charge < -0.3 is 15.5 Å². The number of halogens is 1. The van der Waals surface area contributed by atoms with Crippen LogP contribution in [-0.4, -0.2) is 24.3 Å². The van der Waals surface area contributed by atoms with E-state index in [1.165, 1.54) is 18.2 Å². The van der Waals surface area contributed by atoms with Gasteiger partial charge in [-0.15, -0.1) is 0 Å². The van der Waals surface area contributed by atoms with E-state index in [-0.39, 0.29) is 11.6 Å². The summed E-state index contributed by atoms with van der Waals surface area (Å²) in [4.78, 5) is 38.0. The SMILES string of the molecule is Cc1ccc(NC(=O)C(=O)Nc2ccccc2F)cc1N1CCCCC1=O. The molecule has 3 amide bonds. The van der Waals surface area contributed by atoms with Crippen molar-refractivity contribution in [3.05, 3.63) is 53.8 Å². The number of carbonyl (C=O) groups excluding carboxylic acids is 3. The monoisotopic (exact) mass is 369 g/mol. The minimum Gasteiger partial charge on any atom is -0.318 e. The molecule has 0 unspecified atom stereocenters. The maximum atomic E-state index is 13.6. The van der Waals surface area contributed by atoms with Gasteiger partial charge in [-0.05, 0) is 49.6 Å². The quantitative estimate of drug-likeness (QED) is 0.816. The van der Waals surface area contributed by atoms with E-state index in [4.69, 9.17) is 0 Å². The largest absolute Gasteiger partial charge is 0.318 e. The van der Waals surface area contributed by atoms with E-state index in [1.54, 1.807) is 29.2 Å². The van der Waals surface area contributed by atoms with Crippen LogP contribution in [0.2, 0.25) is 0 Å². The Kier molecular flexibility index (Phi) is 5.49. The third kappa shape index (κ3) is 4.31. The molecule has 2 aromatic rings. The molecule has 1 aliphatic rings. The Hall–Kier alpha value is -3.22. The number of piperidine rings is 1. The molecule has 6 nitrogen and oxygen atoms in total. The maximum Gasteiger partial charge on any atom is 0.314 e. The predicted octanol–water partition coefficient (Wildman–Crippen LogP) is 3.23. The van der Waals surface area contributed by atoms with E-state index >= 15 is 0 Å². The fourth-order valence-electron chi connectivity index (χ4n) is 2.97. The molecule has 0 bridgehead atoms. The topological polar surface area (TPSA) is 78.5 Å². The Morgan fingerprint density at radius 2 is 1.78 bits per heavy atom. The van der Waals surface area contributed by atoms with E-state index < -0.39 is 17.6 Å². The van der Waals surface area contributed by atoms with E-state index in [0.29, 0.717) is 24.3 Å². The van der Waals surface area contributed by atoms with Crippen molar-refractivity contribution < 1.29 is 18.8 Å². The van der Waals surface area contributed by atoms with Crippen molar-refractivity contribution in [3.63, 3.8) is 0 Å². The number of benzene rings is 2. The normalized spacial score (nSPS) is 14.0. The molecule has 7 heteroatoms. The van der Waals surface area contributed by atoms with E-state index in [9.17, 15) is 18.8 Å². The Morgan fingerprint density at radius 3 is 2.52 bits per heavy atom. The lowest BCUT2D eigenvalue weighted by Crippen LogP contribution is -2.35. The third-order valence-corrected chi connectivity index (χ3v) is 4.41. The average Bonchev–Trinajstić information content (AvgIpc) is 2.65. The second-order valence-corrected chi connectivity index (χ2v) is 6.39. The zero-order valence-electron chi connectivity index (χ0n) is 14.9. The number of hydrogen-bond donors (Lipinski definition) is 2. The molecular weight excluding hydrogens is 349 g/mol. The minimum absolute atomic E-state index is 0.0464. The molecular formula is C20H20FN3O3. The van der Waals surface area contributed by atoms with Crippen molar-refractivity contribution in [3.8, 4) is 0 Å². The van der Waals surface area contributed by atoms with Crippen LogP contribution in [0, 0.1) is 12.7 Å². The highest BCUT2D eigenvalue weighted by Gasteiger charge is 2.22. The number of nitrogens with one attached hydrogen (secondary N) is 2. The molecule has 140 valence electrons. The highest BCUT2D eigenvalue weighted by Crippen LogP contribution is 2.27. The smallest absolute Gasteiger partial charge is 0.314 e. The Bertz CT molecular complexity index is 898. The number of anilines is 3. The summed E-state index contributed by atoms with van der Waals surface area (Å²) in [5, 5.41) is 4.73. The predicted molar refractivity (Wildman–Crippen MR) is 101 cm³/mol. The average molecular weight is 369 g/mol. The van der Waals surface area contributed by atoms with Crippen LogP contribution < -0.4 is 15.5 Å². The molecule has 0 aromatic heterocycles.